The van der Waals surface area contributed by atoms with Crippen molar-refractivity contribution in [3.05, 3.63) is 82.6 Å². The van der Waals surface area contributed by atoms with Crippen LogP contribution in [0, 0.1) is 5.82 Å². The van der Waals surface area contributed by atoms with Crippen molar-refractivity contribution >= 4 is 44.6 Å². The first-order chi connectivity index (χ1) is 12.8. The van der Waals surface area contributed by atoms with Gasteiger partial charge < -0.3 is 4.74 Å². The summed E-state index contributed by atoms with van der Waals surface area (Å²) in [5.41, 5.74) is 0.993. The lowest BCUT2D eigenvalue weighted by molar-refractivity contribution is -0.0608. The Kier molecular flexibility index (Phi) is 5.96. The minimum absolute atomic E-state index is 0.314. The fraction of sp³-hybridized carbons (Fsp3) is 0.286. The number of benzene rings is 2. The number of ether oxygens (including phenoxy) is 1. The second-order valence-corrected chi connectivity index (χ2v) is 9.74. The van der Waals surface area contributed by atoms with Crippen LogP contribution in [0.4, 0.5) is 9.18 Å². The van der Waals surface area contributed by atoms with Crippen LogP contribution < -0.4 is 0 Å². The molecular weight excluding hydrogens is 524 g/mol. The average molecular weight is 544 g/mol. The number of rotatable bonds is 5. The Labute approximate surface area is 180 Å². The third kappa shape index (κ3) is 4.06. The van der Waals surface area contributed by atoms with Crippen molar-refractivity contribution in [2.75, 3.05) is 6.54 Å². The molecule has 2 atom stereocenters. The monoisotopic (exact) mass is 543 g/mol. The molecule has 1 aliphatic heterocycles. The molecule has 0 saturated carbocycles. The lowest BCUT2D eigenvalue weighted by atomic mass is 9.85. The van der Waals surface area contributed by atoms with E-state index in [9.17, 15) is 9.18 Å². The van der Waals surface area contributed by atoms with Crippen LogP contribution in [0.15, 0.2) is 65.7 Å². The zero-order chi connectivity index (χ0) is 19.7. The fourth-order valence-electron chi connectivity index (χ4n) is 3.40. The highest BCUT2D eigenvalue weighted by atomic mass is 127. The van der Waals surface area contributed by atoms with Crippen LogP contribution in [0.5, 0.6) is 0 Å². The zero-order valence-corrected chi connectivity index (χ0v) is 18.7. The van der Waals surface area contributed by atoms with Crippen molar-refractivity contribution in [3.8, 4) is 0 Å². The van der Waals surface area contributed by atoms with E-state index in [1.165, 1.54) is 12.1 Å². The molecule has 0 aromatic heterocycles. The van der Waals surface area contributed by atoms with Gasteiger partial charge in [0, 0.05) is 23.9 Å². The van der Waals surface area contributed by atoms with E-state index in [1.54, 1.807) is 23.1 Å². The van der Waals surface area contributed by atoms with Gasteiger partial charge in [0.05, 0.1) is 0 Å². The lowest BCUT2D eigenvalue weighted by Crippen LogP contribution is -2.53. The standard InChI is InChI=1S/C21H20BrFINO2/c1-3-12-21(16-6-10-18(23)11-7-16)13-14-25(19(26)27-21)20(2,24)15-4-8-17(22)9-5-15/h3-11H,1,12-14H2,2H3/t20-,21?/m1/s1. The van der Waals surface area contributed by atoms with Crippen LogP contribution in [0.2, 0.25) is 0 Å². The first-order valence-electron chi connectivity index (χ1n) is 8.61. The molecule has 6 heteroatoms. The summed E-state index contributed by atoms with van der Waals surface area (Å²) >= 11 is 5.72. The molecule has 0 radical (unpaired) electrons. The largest absolute Gasteiger partial charge is 0.437 e. The average Bonchev–Trinajstić information content (AvgIpc) is 2.62. The predicted octanol–water partition coefficient (Wildman–Crippen LogP) is 6.51. The summed E-state index contributed by atoms with van der Waals surface area (Å²) in [6.45, 7) is 6.33. The summed E-state index contributed by atoms with van der Waals surface area (Å²) in [4.78, 5) is 14.7. The SMILES string of the molecule is C=CCC1(c2ccc(F)cc2)CCN([C@@](C)(I)c2ccc(Br)cc2)C(=O)O1. The molecule has 2 aromatic carbocycles. The molecular formula is C21H20BrFINO2. The highest BCUT2D eigenvalue weighted by molar-refractivity contribution is 14.1. The molecule has 3 rings (SSSR count). The van der Waals surface area contributed by atoms with Crippen molar-refractivity contribution in [1.82, 2.24) is 4.90 Å². The number of cyclic esters (lactones) is 1. The topological polar surface area (TPSA) is 29.5 Å². The van der Waals surface area contributed by atoms with Crippen molar-refractivity contribution < 1.29 is 13.9 Å². The number of carbonyl (C=O) groups is 1. The van der Waals surface area contributed by atoms with Gasteiger partial charge in [0.25, 0.3) is 0 Å². The number of hydrogen-bond acceptors (Lipinski definition) is 2. The van der Waals surface area contributed by atoms with E-state index < -0.39 is 9.15 Å². The first kappa shape index (κ1) is 20.3. The zero-order valence-electron chi connectivity index (χ0n) is 14.9. The first-order valence-corrected chi connectivity index (χ1v) is 10.5. The molecule has 142 valence electrons. The molecule has 0 N–H and O–H groups in total. The van der Waals surface area contributed by atoms with Crippen molar-refractivity contribution in [2.45, 2.75) is 28.9 Å². The fourth-order valence-corrected chi connectivity index (χ4v) is 4.46. The van der Waals surface area contributed by atoms with E-state index >= 15 is 0 Å². The van der Waals surface area contributed by atoms with Crippen molar-refractivity contribution in [3.63, 3.8) is 0 Å². The summed E-state index contributed by atoms with van der Waals surface area (Å²) in [7, 11) is 0. The Hall–Kier alpha value is -1.41. The van der Waals surface area contributed by atoms with Gasteiger partial charge in [-0.2, -0.15) is 0 Å². The molecule has 27 heavy (non-hydrogen) atoms. The molecule has 3 nitrogen and oxygen atoms in total. The maximum absolute atomic E-state index is 13.3. The summed E-state index contributed by atoms with van der Waals surface area (Å²) < 4.78 is 19.7. The summed E-state index contributed by atoms with van der Waals surface area (Å²) in [5, 5.41) is 0. The minimum atomic E-state index is -0.810. The van der Waals surface area contributed by atoms with Crippen LogP contribution in [0.25, 0.3) is 0 Å². The van der Waals surface area contributed by atoms with E-state index in [0.717, 1.165) is 15.6 Å². The molecule has 1 saturated heterocycles. The second kappa shape index (κ2) is 7.91. The highest BCUT2D eigenvalue weighted by Crippen LogP contribution is 2.44. The molecule has 1 heterocycles. The van der Waals surface area contributed by atoms with Gasteiger partial charge >= 0.3 is 6.09 Å². The number of nitrogens with zero attached hydrogens (tertiary/aromatic N) is 1. The maximum atomic E-state index is 13.3. The van der Waals surface area contributed by atoms with Crippen LogP contribution in [0.3, 0.4) is 0 Å². The Bertz CT molecular complexity index is 838. The summed E-state index contributed by atoms with van der Waals surface area (Å²) in [6.07, 6.45) is 2.44. The van der Waals surface area contributed by atoms with Gasteiger partial charge in [-0.1, -0.05) is 46.3 Å². The van der Waals surface area contributed by atoms with Crippen LogP contribution in [-0.2, 0) is 13.9 Å². The van der Waals surface area contributed by atoms with Gasteiger partial charge in [-0.15, -0.1) is 6.58 Å². The number of halogens is 3. The highest BCUT2D eigenvalue weighted by Gasteiger charge is 2.46. The molecule has 0 spiro atoms. The maximum Gasteiger partial charge on any atom is 0.412 e. The van der Waals surface area contributed by atoms with Crippen LogP contribution in [-0.4, -0.2) is 17.5 Å². The Morgan fingerprint density at radius 2 is 1.93 bits per heavy atom. The van der Waals surface area contributed by atoms with Gasteiger partial charge in [0.15, 0.2) is 0 Å². The Morgan fingerprint density at radius 3 is 2.48 bits per heavy atom. The molecule has 1 amide bonds. The third-order valence-corrected chi connectivity index (χ3v) is 6.70. The van der Waals surface area contributed by atoms with Gasteiger partial charge in [-0.3, -0.25) is 4.90 Å². The van der Waals surface area contributed by atoms with E-state index in [0.29, 0.717) is 19.4 Å². The van der Waals surface area contributed by atoms with Gasteiger partial charge in [0.2, 0.25) is 0 Å². The smallest absolute Gasteiger partial charge is 0.412 e. The molecule has 2 aromatic rings. The minimum Gasteiger partial charge on any atom is -0.437 e. The van der Waals surface area contributed by atoms with Crippen molar-refractivity contribution in [1.29, 1.82) is 0 Å². The molecule has 1 aliphatic rings. The number of hydrogen-bond donors (Lipinski definition) is 0. The molecule has 0 bridgehead atoms. The Balaban J connectivity index is 1.88. The number of amides is 1. The van der Waals surface area contributed by atoms with Crippen LogP contribution in [0.1, 0.15) is 30.9 Å². The third-order valence-electron chi connectivity index (χ3n) is 4.96. The van der Waals surface area contributed by atoms with Gasteiger partial charge in [-0.25, -0.2) is 9.18 Å². The van der Waals surface area contributed by atoms with E-state index in [1.807, 2.05) is 31.2 Å². The molecule has 1 fully saturated rings. The quantitative estimate of drug-likeness (QED) is 0.186. The van der Waals surface area contributed by atoms with E-state index in [-0.39, 0.29) is 11.9 Å². The predicted molar refractivity (Wildman–Crippen MR) is 116 cm³/mol. The second-order valence-electron chi connectivity index (χ2n) is 6.72. The molecule has 1 unspecified atom stereocenters. The number of carbonyl (C=O) groups excluding carboxylic acids is 1. The van der Waals surface area contributed by atoms with Crippen LogP contribution >= 0.6 is 38.5 Å². The van der Waals surface area contributed by atoms with E-state index in [4.69, 9.17) is 4.74 Å². The molecule has 0 aliphatic carbocycles. The summed E-state index contributed by atoms with van der Waals surface area (Å²) in [6, 6.07) is 14.1. The number of alkyl halides is 1. The van der Waals surface area contributed by atoms with Crippen molar-refractivity contribution in [2.24, 2.45) is 0 Å². The normalized spacial score (nSPS) is 22.1. The van der Waals surface area contributed by atoms with Gasteiger partial charge in [0.1, 0.15) is 15.0 Å². The lowest BCUT2D eigenvalue weighted by Gasteiger charge is -2.46. The summed E-state index contributed by atoms with van der Waals surface area (Å²) in [5.74, 6) is -0.314. The van der Waals surface area contributed by atoms with E-state index in [2.05, 4.69) is 45.1 Å². The Morgan fingerprint density at radius 1 is 1.30 bits per heavy atom. The van der Waals surface area contributed by atoms with Gasteiger partial charge in [-0.05, 0) is 64.9 Å².